The van der Waals surface area contributed by atoms with Crippen LogP contribution in [0.15, 0.2) is 47.7 Å². The number of aliphatic imine (C=N–C) groups is 1. The number of pyridine rings is 1. The van der Waals surface area contributed by atoms with Crippen molar-refractivity contribution in [1.29, 1.82) is 0 Å². The molecule has 0 saturated heterocycles. The van der Waals surface area contributed by atoms with Crippen LogP contribution in [0.5, 0.6) is 0 Å². The Morgan fingerprint density at radius 1 is 1.27 bits per heavy atom. The second-order valence-electron chi connectivity index (χ2n) is 5.32. The number of thioether (sulfide) groups is 1. The molecule has 2 aromatic rings. The van der Waals surface area contributed by atoms with E-state index >= 15 is 0 Å². The van der Waals surface area contributed by atoms with Crippen LogP contribution in [0, 0.1) is 6.92 Å². The Kier molecular flexibility index (Phi) is 5.01. The second-order valence-corrected chi connectivity index (χ2v) is 6.81. The standard InChI is InChI=1S/C17H18ClN3S/c1-12-2-3-15(18)14(10-12)16(21-17-20-8-9-22-17)11-13-4-6-19-7-5-13/h2-7,10,16H,8-9,11H2,1H3,(H,20,21). The molecule has 1 N–H and O–H groups in total. The van der Waals surface area contributed by atoms with Crippen molar-refractivity contribution in [1.82, 2.24) is 10.3 Å². The Hall–Kier alpha value is -1.52. The molecule has 0 bridgehead atoms. The molecule has 0 aliphatic carbocycles. The summed E-state index contributed by atoms with van der Waals surface area (Å²) < 4.78 is 0. The minimum Gasteiger partial charge on any atom is -0.358 e. The van der Waals surface area contributed by atoms with Gasteiger partial charge >= 0.3 is 0 Å². The fourth-order valence-corrected chi connectivity index (χ4v) is 3.53. The van der Waals surface area contributed by atoms with Gasteiger partial charge in [0.25, 0.3) is 0 Å². The third kappa shape index (κ3) is 3.81. The molecule has 3 rings (SSSR count). The summed E-state index contributed by atoms with van der Waals surface area (Å²) in [5.41, 5.74) is 3.56. The van der Waals surface area contributed by atoms with Crippen molar-refractivity contribution in [2.75, 3.05) is 12.3 Å². The van der Waals surface area contributed by atoms with Crippen molar-refractivity contribution in [3.05, 3.63) is 64.4 Å². The summed E-state index contributed by atoms with van der Waals surface area (Å²) in [7, 11) is 0. The Labute approximate surface area is 140 Å². The summed E-state index contributed by atoms with van der Waals surface area (Å²) in [6, 6.07) is 10.4. The zero-order chi connectivity index (χ0) is 15.4. The van der Waals surface area contributed by atoms with Crippen molar-refractivity contribution in [2.45, 2.75) is 19.4 Å². The lowest BCUT2D eigenvalue weighted by Gasteiger charge is -2.21. The highest BCUT2D eigenvalue weighted by molar-refractivity contribution is 8.14. The van der Waals surface area contributed by atoms with Crippen LogP contribution in [-0.2, 0) is 6.42 Å². The van der Waals surface area contributed by atoms with Gasteiger partial charge in [0.15, 0.2) is 5.17 Å². The number of halogens is 1. The lowest BCUT2D eigenvalue weighted by Crippen LogP contribution is -2.27. The van der Waals surface area contributed by atoms with Crippen molar-refractivity contribution < 1.29 is 0 Å². The van der Waals surface area contributed by atoms with Crippen molar-refractivity contribution in [3.8, 4) is 0 Å². The quantitative estimate of drug-likeness (QED) is 0.919. The van der Waals surface area contributed by atoms with Gasteiger partial charge in [-0.2, -0.15) is 0 Å². The zero-order valence-electron chi connectivity index (χ0n) is 12.4. The van der Waals surface area contributed by atoms with Crippen LogP contribution in [0.25, 0.3) is 0 Å². The molecule has 3 nitrogen and oxygen atoms in total. The Balaban J connectivity index is 1.89. The molecule has 1 atom stereocenters. The van der Waals surface area contributed by atoms with Gasteiger partial charge in [0.2, 0.25) is 0 Å². The van der Waals surface area contributed by atoms with E-state index in [0.717, 1.165) is 34.5 Å². The molecule has 1 aliphatic rings. The Morgan fingerprint density at radius 3 is 2.82 bits per heavy atom. The molecule has 2 heterocycles. The lowest BCUT2D eigenvalue weighted by atomic mass is 9.98. The maximum Gasteiger partial charge on any atom is 0.157 e. The summed E-state index contributed by atoms with van der Waals surface area (Å²) in [4.78, 5) is 8.59. The molecule has 1 aliphatic heterocycles. The fraction of sp³-hybridized carbons (Fsp3) is 0.294. The van der Waals surface area contributed by atoms with Crippen LogP contribution < -0.4 is 5.32 Å². The number of rotatable bonds is 4. The average Bonchev–Trinajstić information content (AvgIpc) is 3.03. The average molecular weight is 332 g/mol. The molecule has 0 spiro atoms. The van der Waals surface area contributed by atoms with Gasteiger partial charge in [-0.3, -0.25) is 9.98 Å². The van der Waals surface area contributed by atoms with E-state index in [2.05, 4.69) is 28.3 Å². The van der Waals surface area contributed by atoms with Crippen LogP contribution in [0.2, 0.25) is 5.02 Å². The maximum atomic E-state index is 6.44. The molecular formula is C17H18ClN3S. The third-order valence-corrected chi connectivity index (χ3v) is 4.85. The van der Waals surface area contributed by atoms with E-state index in [0.29, 0.717) is 0 Å². The van der Waals surface area contributed by atoms with Gasteiger partial charge in [0.1, 0.15) is 0 Å². The number of benzene rings is 1. The highest BCUT2D eigenvalue weighted by Crippen LogP contribution is 2.28. The second kappa shape index (κ2) is 7.16. The first-order chi connectivity index (χ1) is 10.7. The van der Waals surface area contributed by atoms with Crippen molar-refractivity contribution in [2.24, 2.45) is 4.99 Å². The number of aromatic nitrogens is 1. The molecule has 0 radical (unpaired) electrons. The molecule has 1 unspecified atom stereocenters. The molecule has 0 fully saturated rings. The molecule has 0 saturated carbocycles. The van der Waals surface area contributed by atoms with Gasteiger partial charge in [-0.15, -0.1) is 0 Å². The summed E-state index contributed by atoms with van der Waals surface area (Å²) in [5, 5.41) is 5.36. The molecule has 1 aromatic carbocycles. The number of hydrogen-bond donors (Lipinski definition) is 1. The normalized spacial score (nSPS) is 15.5. The first-order valence-corrected chi connectivity index (χ1v) is 8.67. The minimum atomic E-state index is 0.110. The fourth-order valence-electron chi connectivity index (χ4n) is 2.50. The highest BCUT2D eigenvalue weighted by Gasteiger charge is 2.19. The van der Waals surface area contributed by atoms with E-state index in [4.69, 9.17) is 11.6 Å². The smallest absolute Gasteiger partial charge is 0.157 e. The summed E-state index contributed by atoms with van der Waals surface area (Å²) in [6.45, 7) is 2.97. The van der Waals surface area contributed by atoms with E-state index < -0.39 is 0 Å². The third-order valence-electron chi connectivity index (χ3n) is 3.60. The molecule has 22 heavy (non-hydrogen) atoms. The largest absolute Gasteiger partial charge is 0.358 e. The summed E-state index contributed by atoms with van der Waals surface area (Å²) >= 11 is 8.21. The molecule has 5 heteroatoms. The van der Waals surface area contributed by atoms with Gasteiger partial charge in [0, 0.05) is 23.2 Å². The molecular weight excluding hydrogens is 314 g/mol. The van der Waals surface area contributed by atoms with E-state index in [1.807, 2.05) is 36.7 Å². The topological polar surface area (TPSA) is 37.3 Å². The monoisotopic (exact) mass is 331 g/mol. The van der Waals surface area contributed by atoms with Crippen LogP contribution >= 0.6 is 23.4 Å². The highest BCUT2D eigenvalue weighted by atomic mass is 35.5. The van der Waals surface area contributed by atoms with Crippen LogP contribution in [0.4, 0.5) is 0 Å². The lowest BCUT2D eigenvalue weighted by molar-refractivity contribution is 0.647. The Morgan fingerprint density at radius 2 is 2.09 bits per heavy atom. The van der Waals surface area contributed by atoms with Gasteiger partial charge in [-0.05, 0) is 42.7 Å². The van der Waals surface area contributed by atoms with E-state index in [1.165, 1.54) is 11.1 Å². The predicted octanol–water partition coefficient (Wildman–Crippen LogP) is 4.02. The van der Waals surface area contributed by atoms with E-state index in [9.17, 15) is 0 Å². The van der Waals surface area contributed by atoms with Crippen LogP contribution in [0.3, 0.4) is 0 Å². The van der Waals surface area contributed by atoms with Crippen LogP contribution in [0.1, 0.15) is 22.7 Å². The number of nitrogens with zero attached hydrogens (tertiary/aromatic N) is 2. The van der Waals surface area contributed by atoms with Crippen LogP contribution in [-0.4, -0.2) is 22.4 Å². The molecule has 0 amide bonds. The van der Waals surface area contributed by atoms with E-state index in [-0.39, 0.29) is 6.04 Å². The minimum absolute atomic E-state index is 0.110. The number of aryl methyl sites for hydroxylation is 1. The number of hydrogen-bond acceptors (Lipinski definition) is 4. The SMILES string of the molecule is Cc1ccc(Cl)c(C(Cc2ccncc2)NC2=NCCS2)c1. The van der Waals surface area contributed by atoms with Gasteiger partial charge < -0.3 is 5.32 Å². The molecule has 1 aromatic heterocycles. The molecule has 114 valence electrons. The summed E-state index contributed by atoms with van der Waals surface area (Å²) in [5.74, 6) is 1.05. The number of amidine groups is 1. The number of nitrogens with one attached hydrogen (secondary N) is 1. The first kappa shape index (κ1) is 15.4. The van der Waals surface area contributed by atoms with Gasteiger partial charge in [-0.25, -0.2) is 0 Å². The van der Waals surface area contributed by atoms with Crippen molar-refractivity contribution in [3.63, 3.8) is 0 Å². The summed E-state index contributed by atoms with van der Waals surface area (Å²) in [6.07, 6.45) is 4.50. The van der Waals surface area contributed by atoms with E-state index in [1.54, 1.807) is 11.8 Å². The van der Waals surface area contributed by atoms with Crippen molar-refractivity contribution >= 4 is 28.5 Å². The Bertz CT molecular complexity index is 673. The first-order valence-electron chi connectivity index (χ1n) is 7.31. The van der Waals surface area contributed by atoms with Gasteiger partial charge in [-0.1, -0.05) is 41.1 Å². The predicted molar refractivity (Wildman–Crippen MR) is 94.8 cm³/mol. The maximum absolute atomic E-state index is 6.44. The zero-order valence-corrected chi connectivity index (χ0v) is 14.0. The van der Waals surface area contributed by atoms with Gasteiger partial charge in [0.05, 0.1) is 12.6 Å².